The lowest BCUT2D eigenvalue weighted by atomic mass is 10.1. The van der Waals surface area contributed by atoms with Crippen LogP contribution < -0.4 is 5.32 Å². The summed E-state index contributed by atoms with van der Waals surface area (Å²) in [5, 5.41) is 13.5. The second kappa shape index (κ2) is 6.93. The fourth-order valence-corrected chi connectivity index (χ4v) is 2.47. The van der Waals surface area contributed by atoms with Crippen LogP contribution in [0.5, 0.6) is 0 Å². The van der Waals surface area contributed by atoms with Gasteiger partial charge in [-0.05, 0) is 29.7 Å². The third-order valence-corrected chi connectivity index (χ3v) is 3.69. The van der Waals surface area contributed by atoms with E-state index in [0.717, 1.165) is 29.0 Å². The number of anilines is 1. The van der Waals surface area contributed by atoms with Crippen LogP contribution in [0.1, 0.15) is 5.56 Å². The van der Waals surface area contributed by atoms with E-state index in [1.54, 1.807) is 18.2 Å². The van der Waals surface area contributed by atoms with Gasteiger partial charge in [0.2, 0.25) is 0 Å². The van der Waals surface area contributed by atoms with Crippen LogP contribution >= 0.6 is 0 Å². The quantitative estimate of drug-likeness (QED) is 0.559. The van der Waals surface area contributed by atoms with Gasteiger partial charge >= 0.3 is 0 Å². The molecule has 0 heterocycles. The van der Waals surface area contributed by atoms with Crippen molar-refractivity contribution in [1.82, 2.24) is 0 Å². The minimum Gasteiger partial charge on any atom is -0.321 e. The third-order valence-electron chi connectivity index (χ3n) is 3.69. The van der Waals surface area contributed by atoms with Crippen LogP contribution in [0.25, 0.3) is 16.8 Å². The normalized spacial score (nSPS) is 11.2. The second-order valence-electron chi connectivity index (χ2n) is 5.29. The van der Waals surface area contributed by atoms with Gasteiger partial charge in [0.15, 0.2) is 0 Å². The number of nitrogens with one attached hydrogen (secondary N) is 1. The van der Waals surface area contributed by atoms with E-state index in [2.05, 4.69) is 5.32 Å². The highest BCUT2D eigenvalue weighted by Gasteiger charge is 2.14. The van der Waals surface area contributed by atoms with Crippen LogP contribution in [0.3, 0.4) is 0 Å². The van der Waals surface area contributed by atoms with Crippen molar-refractivity contribution < 1.29 is 13.6 Å². The maximum atomic E-state index is 13.7. The molecule has 0 saturated carbocycles. The standard InChI is InChI=1S/C20H12F2N2O/c21-17-8-4-9-18(22)16(17)11-14(12-23)20(25)24-19-10-3-6-13-5-1-2-7-15(13)19/h1-11H,(H,24,25)/b14-11+. The average Bonchev–Trinajstić information content (AvgIpc) is 2.62. The number of nitrogens with zero attached hydrogens (tertiary/aromatic N) is 1. The molecule has 0 fully saturated rings. The van der Waals surface area contributed by atoms with Gasteiger partial charge in [0.05, 0.1) is 0 Å². The lowest BCUT2D eigenvalue weighted by molar-refractivity contribution is -0.112. The highest BCUT2D eigenvalue weighted by atomic mass is 19.1. The number of fused-ring (bicyclic) bond motifs is 1. The molecule has 0 atom stereocenters. The molecule has 0 saturated heterocycles. The van der Waals surface area contributed by atoms with E-state index in [9.17, 15) is 18.8 Å². The smallest absolute Gasteiger partial charge is 0.266 e. The number of amides is 1. The summed E-state index contributed by atoms with van der Waals surface area (Å²) in [5.74, 6) is -2.42. The van der Waals surface area contributed by atoms with E-state index in [-0.39, 0.29) is 0 Å². The number of rotatable bonds is 3. The predicted octanol–water partition coefficient (Wildman–Crippen LogP) is 4.66. The molecule has 0 aliphatic carbocycles. The first kappa shape index (κ1) is 16.3. The number of nitriles is 1. The van der Waals surface area contributed by atoms with E-state index in [1.807, 2.05) is 30.3 Å². The monoisotopic (exact) mass is 334 g/mol. The van der Waals surface area contributed by atoms with Crippen molar-refractivity contribution in [1.29, 1.82) is 5.26 Å². The molecule has 3 nitrogen and oxygen atoms in total. The summed E-state index contributed by atoms with van der Waals surface area (Å²) in [7, 11) is 0. The number of hydrogen-bond acceptors (Lipinski definition) is 2. The van der Waals surface area contributed by atoms with Gasteiger partial charge in [-0.3, -0.25) is 4.79 Å². The summed E-state index contributed by atoms with van der Waals surface area (Å²) in [5.41, 5.74) is -0.303. The van der Waals surface area contributed by atoms with Gasteiger partial charge in [0.25, 0.3) is 5.91 Å². The molecule has 0 unspecified atom stereocenters. The van der Waals surface area contributed by atoms with E-state index in [4.69, 9.17) is 0 Å². The maximum Gasteiger partial charge on any atom is 0.266 e. The Bertz CT molecular complexity index is 1010. The lowest BCUT2D eigenvalue weighted by Gasteiger charge is -2.08. The van der Waals surface area contributed by atoms with Crippen molar-refractivity contribution in [2.24, 2.45) is 0 Å². The molecule has 1 amide bonds. The summed E-state index contributed by atoms with van der Waals surface area (Å²) < 4.78 is 27.4. The topological polar surface area (TPSA) is 52.9 Å². The first-order valence-corrected chi connectivity index (χ1v) is 7.45. The Morgan fingerprint density at radius 3 is 2.32 bits per heavy atom. The van der Waals surface area contributed by atoms with Gasteiger partial charge in [0.1, 0.15) is 23.3 Å². The molecule has 0 spiro atoms. The summed E-state index contributed by atoms with van der Waals surface area (Å²) in [4.78, 5) is 12.4. The van der Waals surface area contributed by atoms with Crippen LogP contribution in [-0.4, -0.2) is 5.91 Å². The molecule has 5 heteroatoms. The average molecular weight is 334 g/mol. The third kappa shape index (κ3) is 3.38. The fourth-order valence-electron chi connectivity index (χ4n) is 2.47. The van der Waals surface area contributed by atoms with Crippen molar-refractivity contribution in [3.8, 4) is 6.07 Å². The summed E-state index contributed by atoms with van der Waals surface area (Å²) >= 11 is 0. The van der Waals surface area contributed by atoms with Crippen LogP contribution in [0.4, 0.5) is 14.5 Å². The number of carbonyl (C=O) groups is 1. The van der Waals surface area contributed by atoms with E-state index in [0.29, 0.717) is 5.69 Å². The Hall–Kier alpha value is -3.52. The molecule has 3 aromatic carbocycles. The Morgan fingerprint density at radius 1 is 0.960 bits per heavy atom. The van der Waals surface area contributed by atoms with Crippen molar-refractivity contribution in [3.63, 3.8) is 0 Å². The van der Waals surface area contributed by atoms with E-state index < -0.39 is 28.7 Å². The first-order valence-electron chi connectivity index (χ1n) is 7.45. The zero-order chi connectivity index (χ0) is 17.8. The summed E-state index contributed by atoms with van der Waals surface area (Å²) in [6.07, 6.45) is 0.908. The number of carbonyl (C=O) groups excluding carboxylic acids is 1. The van der Waals surface area contributed by atoms with Crippen LogP contribution in [0, 0.1) is 23.0 Å². The van der Waals surface area contributed by atoms with Gasteiger partial charge in [-0.15, -0.1) is 0 Å². The molecular formula is C20H12F2N2O. The Kier molecular flexibility index (Phi) is 4.53. The largest absolute Gasteiger partial charge is 0.321 e. The Labute approximate surface area is 142 Å². The lowest BCUT2D eigenvalue weighted by Crippen LogP contribution is -2.14. The van der Waals surface area contributed by atoms with Crippen molar-refractivity contribution in [2.45, 2.75) is 0 Å². The minimum absolute atomic E-state index is 0.392. The minimum atomic E-state index is -0.842. The van der Waals surface area contributed by atoms with E-state index in [1.165, 1.54) is 6.07 Å². The van der Waals surface area contributed by atoms with Gasteiger partial charge in [-0.2, -0.15) is 5.26 Å². The van der Waals surface area contributed by atoms with Crippen LogP contribution in [-0.2, 0) is 4.79 Å². The molecule has 1 N–H and O–H groups in total. The fraction of sp³-hybridized carbons (Fsp3) is 0. The zero-order valence-electron chi connectivity index (χ0n) is 13.0. The van der Waals surface area contributed by atoms with Crippen molar-refractivity contribution in [3.05, 3.63) is 83.4 Å². The number of halogens is 2. The highest BCUT2D eigenvalue weighted by molar-refractivity contribution is 6.12. The predicted molar refractivity (Wildman–Crippen MR) is 92.5 cm³/mol. The maximum absolute atomic E-state index is 13.7. The molecular weight excluding hydrogens is 322 g/mol. The molecule has 0 aliphatic rings. The van der Waals surface area contributed by atoms with Gasteiger partial charge in [-0.25, -0.2) is 8.78 Å². The van der Waals surface area contributed by atoms with E-state index >= 15 is 0 Å². The molecule has 3 aromatic rings. The molecule has 122 valence electrons. The second-order valence-corrected chi connectivity index (χ2v) is 5.29. The Morgan fingerprint density at radius 2 is 1.60 bits per heavy atom. The van der Waals surface area contributed by atoms with Gasteiger partial charge in [0, 0.05) is 16.6 Å². The van der Waals surface area contributed by atoms with Crippen LogP contribution in [0.15, 0.2) is 66.2 Å². The highest BCUT2D eigenvalue weighted by Crippen LogP contribution is 2.24. The van der Waals surface area contributed by atoms with Crippen LogP contribution in [0.2, 0.25) is 0 Å². The SMILES string of the molecule is N#C/C(=C\c1c(F)cccc1F)C(=O)Nc1cccc2ccccc12. The molecule has 3 rings (SSSR count). The molecule has 0 bridgehead atoms. The van der Waals surface area contributed by atoms with Gasteiger partial charge in [-0.1, -0.05) is 42.5 Å². The van der Waals surface area contributed by atoms with Crippen molar-refractivity contribution >= 4 is 28.4 Å². The molecule has 0 aromatic heterocycles. The summed E-state index contributed by atoms with van der Waals surface area (Å²) in [6, 6.07) is 17.8. The zero-order valence-corrected chi connectivity index (χ0v) is 13.0. The summed E-state index contributed by atoms with van der Waals surface area (Å²) in [6.45, 7) is 0. The first-order chi connectivity index (χ1) is 12.1. The number of hydrogen-bond donors (Lipinski definition) is 1. The van der Waals surface area contributed by atoms with Crippen molar-refractivity contribution in [2.75, 3.05) is 5.32 Å². The Balaban J connectivity index is 1.96. The number of benzene rings is 3. The molecule has 0 aliphatic heterocycles. The molecule has 0 radical (unpaired) electrons. The molecule has 25 heavy (non-hydrogen) atoms. The van der Waals surface area contributed by atoms with Gasteiger partial charge < -0.3 is 5.32 Å².